The first-order valence-electron chi connectivity index (χ1n) is 3.33. The zero-order valence-electron chi connectivity index (χ0n) is 7.13. The zero-order chi connectivity index (χ0) is 10.5. The van der Waals surface area contributed by atoms with Gasteiger partial charge in [-0.3, -0.25) is 8.42 Å². The van der Waals surface area contributed by atoms with Crippen molar-refractivity contribution < 1.29 is 23.3 Å². The molecule has 0 aliphatic rings. The summed E-state index contributed by atoms with van der Waals surface area (Å²) >= 11 is 3.38. The molecule has 0 saturated carbocycles. The molecular formula is C9H10NiO2S-. The SMILES string of the molecule is [CH2-]S(=O)(=O)c1ccc(C)cc1.[CH]#[Ni]. The van der Waals surface area contributed by atoms with Crippen LogP contribution in [0.25, 0.3) is 0 Å². The van der Waals surface area contributed by atoms with Gasteiger partial charge in [0.15, 0.2) is 0 Å². The van der Waals surface area contributed by atoms with Gasteiger partial charge in [-0.1, -0.05) is 17.7 Å². The Bertz CT molecular complexity index is 376. The normalized spacial score (nSPS) is 10.0. The van der Waals surface area contributed by atoms with Crippen LogP contribution in [0.15, 0.2) is 29.2 Å². The third kappa shape index (κ3) is 4.28. The van der Waals surface area contributed by atoms with Crippen molar-refractivity contribution in [1.82, 2.24) is 0 Å². The predicted molar refractivity (Wildman–Crippen MR) is 48.7 cm³/mol. The predicted octanol–water partition coefficient (Wildman–Crippen LogP) is 1.68. The van der Waals surface area contributed by atoms with E-state index in [1.165, 1.54) is 0 Å². The molecule has 1 aromatic carbocycles. The Labute approximate surface area is 86.4 Å². The second kappa shape index (κ2) is 5.23. The average Bonchev–Trinajstić information content (AvgIpc) is 2.07. The molecule has 0 heterocycles. The van der Waals surface area contributed by atoms with Gasteiger partial charge >= 0.3 is 20.1 Å². The molecule has 0 spiro atoms. The van der Waals surface area contributed by atoms with Gasteiger partial charge < -0.3 is 0 Å². The Hall–Kier alpha value is -0.556. The van der Waals surface area contributed by atoms with Crippen LogP contribution in [0.1, 0.15) is 5.56 Å². The summed E-state index contributed by atoms with van der Waals surface area (Å²) in [5, 5.41) is 4.12. The summed E-state index contributed by atoms with van der Waals surface area (Å²) in [5.41, 5.74) is 1.04. The fourth-order valence-electron chi connectivity index (χ4n) is 0.746. The zero-order valence-corrected chi connectivity index (χ0v) is 8.94. The molecular weight excluding hydrogens is 231 g/mol. The van der Waals surface area contributed by atoms with Crippen molar-refractivity contribution in [2.24, 2.45) is 0 Å². The van der Waals surface area contributed by atoms with Crippen LogP contribution in [0.4, 0.5) is 0 Å². The van der Waals surface area contributed by atoms with Gasteiger partial charge in [0.05, 0.1) is 0 Å². The van der Waals surface area contributed by atoms with Gasteiger partial charge in [-0.05, 0) is 19.1 Å². The van der Waals surface area contributed by atoms with Gasteiger partial charge in [-0.2, -0.15) is 0 Å². The van der Waals surface area contributed by atoms with E-state index in [1.54, 1.807) is 24.3 Å². The maximum atomic E-state index is 10.8. The number of sulfone groups is 1. The number of rotatable bonds is 1. The molecule has 0 aromatic heterocycles. The Morgan fingerprint density at radius 1 is 1.23 bits per heavy atom. The van der Waals surface area contributed by atoms with E-state index in [1.807, 2.05) is 6.92 Å². The van der Waals surface area contributed by atoms with Crippen LogP contribution in [0, 0.1) is 18.5 Å². The molecule has 0 radical (unpaired) electrons. The molecule has 0 bridgehead atoms. The molecule has 0 saturated heterocycles. The quantitative estimate of drug-likeness (QED) is 0.553. The van der Waals surface area contributed by atoms with Crippen LogP contribution in [0.2, 0.25) is 0 Å². The molecule has 0 fully saturated rings. The van der Waals surface area contributed by atoms with E-state index in [4.69, 9.17) is 0 Å². The van der Waals surface area contributed by atoms with Crippen molar-refractivity contribution in [1.29, 1.82) is 0 Å². The maximum absolute atomic E-state index is 10.8. The van der Waals surface area contributed by atoms with Gasteiger partial charge in [0, 0.05) is 14.7 Å². The molecule has 0 N–H and O–H groups in total. The van der Waals surface area contributed by atoms with Crippen molar-refractivity contribution in [2.45, 2.75) is 11.8 Å². The van der Waals surface area contributed by atoms with Gasteiger partial charge in [0.1, 0.15) is 0 Å². The molecule has 0 aliphatic carbocycles. The average molecular weight is 241 g/mol. The van der Waals surface area contributed by atoms with Gasteiger partial charge in [0.2, 0.25) is 0 Å². The van der Waals surface area contributed by atoms with E-state index in [0.29, 0.717) is 0 Å². The Morgan fingerprint density at radius 3 is 1.92 bits per heavy atom. The summed E-state index contributed by atoms with van der Waals surface area (Å²) in [6.45, 7) is 1.90. The molecule has 0 aliphatic heterocycles. The van der Waals surface area contributed by atoms with Crippen LogP contribution >= 0.6 is 0 Å². The third-order valence-corrected chi connectivity index (χ3v) is 2.37. The first-order chi connectivity index (χ1) is 6.00. The van der Waals surface area contributed by atoms with Crippen molar-refractivity contribution in [3.63, 3.8) is 0 Å². The van der Waals surface area contributed by atoms with Crippen LogP contribution in [0.3, 0.4) is 0 Å². The number of hydrogen-bond acceptors (Lipinski definition) is 2. The summed E-state index contributed by atoms with van der Waals surface area (Å²) < 4.78 is 21.7. The molecule has 1 aromatic rings. The van der Waals surface area contributed by atoms with Crippen molar-refractivity contribution in [3.05, 3.63) is 36.1 Å². The summed E-state index contributed by atoms with van der Waals surface area (Å²) in [6.07, 6.45) is 3.04. The molecule has 13 heavy (non-hydrogen) atoms. The van der Waals surface area contributed by atoms with Crippen molar-refractivity contribution >= 4 is 9.84 Å². The fourth-order valence-corrected chi connectivity index (χ4v) is 1.30. The summed E-state index contributed by atoms with van der Waals surface area (Å²) in [6, 6.07) is 6.60. The van der Waals surface area contributed by atoms with Gasteiger partial charge in [-0.25, -0.2) is 6.26 Å². The summed E-state index contributed by atoms with van der Waals surface area (Å²) in [4.78, 5) is 0.267. The van der Waals surface area contributed by atoms with E-state index < -0.39 is 9.84 Å². The Kier molecular flexibility index (Phi) is 5.01. The minimum atomic E-state index is -3.27. The van der Waals surface area contributed by atoms with Gasteiger partial charge in [0.25, 0.3) is 0 Å². The van der Waals surface area contributed by atoms with E-state index in [0.717, 1.165) is 5.56 Å². The van der Waals surface area contributed by atoms with E-state index in [2.05, 4.69) is 26.4 Å². The van der Waals surface area contributed by atoms with Crippen LogP contribution in [0.5, 0.6) is 0 Å². The topological polar surface area (TPSA) is 34.1 Å². The van der Waals surface area contributed by atoms with Gasteiger partial charge in [-0.15, -0.1) is 0 Å². The first-order valence-corrected chi connectivity index (χ1v) is 5.55. The van der Waals surface area contributed by atoms with Crippen LogP contribution in [-0.4, -0.2) is 8.42 Å². The minimum absolute atomic E-state index is 0.267. The van der Waals surface area contributed by atoms with Crippen LogP contribution in [-0.2, 0) is 24.7 Å². The first kappa shape index (κ1) is 12.4. The molecule has 1 rings (SSSR count). The Balaban J connectivity index is 0.000000671. The standard InChI is InChI=1S/C8H9O2S.CH.Ni/c1-7-3-5-8(6-4-7)11(2,9)10;;/h3-6H,2H2,1H3;1H;/q-1;;. The van der Waals surface area contributed by atoms with Crippen molar-refractivity contribution in [2.75, 3.05) is 0 Å². The molecule has 0 atom stereocenters. The summed E-state index contributed by atoms with van der Waals surface area (Å²) in [5.74, 6) is 0. The fraction of sp³-hybridized carbons (Fsp3) is 0.111. The Morgan fingerprint density at radius 2 is 1.62 bits per heavy atom. The van der Waals surface area contributed by atoms with Crippen LogP contribution < -0.4 is 0 Å². The van der Waals surface area contributed by atoms with Crippen molar-refractivity contribution in [3.8, 4) is 5.31 Å². The number of aryl methyl sites for hydroxylation is 1. The molecule has 0 amide bonds. The monoisotopic (exact) mass is 240 g/mol. The number of hydrogen-bond donors (Lipinski definition) is 0. The second-order valence-corrected chi connectivity index (χ2v) is 4.13. The molecule has 2 nitrogen and oxygen atoms in total. The number of benzene rings is 1. The molecule has 75 valence electrons. The summed E-state index contributed by atoms with van der Waals surface area (Å²) in [7, 11) is -3.27. The van der Waals surface area contributed by atoms with E-state index in [9.17, 15) is 8.42 Å². The second-order valence-electron chi connectivity index (χ2n) is 2.43. The third-order valence-electron chi connectivity index (χ3n) is 1.38. The van der Waals surface area contributed by atoms with E-state index >= 15 is 0 Å². The van der Waals surface area contributed by atoms with E-state index in [-0.39, 0.29) is 4.90 Å². The molecule has 4 heteroatoms. The molecule has 0 unspecified atom stereocenters.